The van der Waals surface area contributed by atoms with Gasteiger partial charge in [-0.15, -0.1) is 0 Å². The number of rotatable bonds is 4. The lowest BCUT2D eigenvalue weighted by molar-refractivity contribution is -0.213. The summed E-state index contributed by atoms with van der Waals surface area (Å²) in [4.78, 5) is 0. The van der Waals surface area contributed by atoms with E-state index in [1.807, 2.05) is 0 Å². The Bertz CT molecular complexity index is 157. The van der Waals surface area contributed by atoms with Crippen LogP contribution in [-0.2, 0) is 4.74 Å². The van der Waals surface area contributed by atoms with E-state index in [0.717, 1.165) is 6.92 Å². The number of amidine groups is 1. The first-order chi connectivity index (χ1) is 5.34. The Balaban J connectivity index is 3.58. The maximum absolute atomic E-state index is 11.8. The first-order valence-corrected chi connectivity index (χ1v) is 3.35. The molecular weight excluding hydrogens is 173 g/mol. The molecule has 0 amide bonds. The second-order valence-corrected chi connectivity index (χ2v) is 2.33. The Morgan fingerprint density at radius 2 is 2.08 bits per heavy atom. The summed E-state index contributed by atoms with van der Waals surface area (Å²) < 4.78 is 39.7. The van der Waals surface area contributed by atoms with E-state index >= 15 is 0 Å². The van der Waals surface area contributed by atoms with Crippen LogP contribution in [0.1, 0.15) is 13.3 Å². The summed E-state index contributed by atoms with van der Waals surface area (Å²) in [5.41, 5.74) is 4.91. The Morgan fingerprint density at radius 3 is 2.42 bits per heavy atom. The summed E-state index contributed by atoms with van der Waals surface area (Å²) in [5, 5.41) is 6.71. The molecule has 1 unspecified atom stereocenters. The van der Waals surface area contributed by atoms with Crippen molar-refractivity contribution in [3.63, 3.8) is 0 Å². The molecule has 72 valence electrons. The van der Waals surface area contributed by atoms with Crippen LogP contribution in [0.4, 0.5) is 13.2 Å². The molecule has 0 heterocycles. The van der Waals surface area contributed by atoms with E-state index < -0.39 is 12.3 Å². The number of ether oxygens (including phenoxy) is 1. The Morgan fingerprint density at radius 1 is 1.58 bits per heavy atom. The second kappa shape index (κ2) is 4.30. The van der Waals surface area contributed by atoms with Gasteiger partial charge in [0.25, 0.3) is 0 Å². The molecule has 1 atom stereocenters. The Hall–Kier alpha value is -0.780. The van der Waals surface area contributed by atoms with Gasteiger partial charge in [0.1, 0.15) is 0 Å². The van der Waals surface area contributed by atoms with Crippen molar-refractivity contribution in [2.24, 2.45) is 5.73 Å². The average molecular weight is 184 g/mol. The number of alkyl halides is 3. The van der Waals surface area contributed by atoms with Crippen LogP contribution in [0.5, 0.6) is 0 Å². The SMILES string of the molecule is CC(OCCC(=N)N)C(F)(F)F. The van der Waals surface area contributed by atoms with E-state index in [1.54, 1.807) is 0 Å². The molecule has 0 aliphatic heterocycles. The zero-order chi connectivity index (χ0) is 9.78. The smallest absolute Gasteiger partial charge is 0.388 e. The van der Waals surface area contributed by atoms with Crippen molar-refractivity contribution in [1.29, 1.82) is 5.41 Å². The van der Waals surface area contributed by atoms with Crippen molar-refractivity contribution < 1.29 is 17.9 Å². The van der Waals surface area contributed by atoms with Gasteiger partial charge in [-0.25, -0.2) is 0 Å². The second-order valence-electron chi connectivity index (χ2n) is 2.33. The molecule has 3 nitrogen and oxygen atoms in total. The third kappa shape index (κ3) is 4.95. The fourth-order valence-corrected chi connectivity index (χ4v) is 0.440. The number of halogens is 3. The summed E-state index contributed by atoms with van der Waals surface area (Å²) >= 11 is 0. The first kappa shape index (κ1) is 11.2. The molecule has 0 aliphatic rings. The summed E-state index contributed by atoms with van der Waals surface area (Å²) in [5.74, 6) is -0.177. The van der Waals surface area contributed by atoms with Crippen molar-refractivity contribution in [2.45, 2.75) is 25.6 Å². The normalized spacial score (nSPS) is 14.3. The third-order valence-corrected chi connectivity index (χ3v) is 1.20. The standard InChI is InChI=1S/C6H11F3N2O/c1-4(6(7,8)9)12-3-2-5(10)11/h4H,2-3H2,1H3,(H3,10,11). The molecule has 0 saturated carbocycles. The van der Waals surface area contributed by atoms with Crippen LogP contribution < -0.4 is 5.73 Å². The van der Waals surface area contributed by atoms with E-state index in [9.17, 15) is 13.2 Å². The highest BCUT2D eigenvalue weighted by molar-refractivity contribution is 5.76. The van der Waals surface area contributed by atoms with Crippen LogP contribution in [0.3, 0.4) is 0 Å². The van der Waals surface area contributed by atoms with Gasteiger partial charge in [0, 0.05) is 6.42 Å². The third-order valence-electron chi connectivity index (χ3n) is 1.20. The lowest BCUT2D eigenvalue weighted by Crippen LogP contribution is -2.29. The Labute approximate surface area is 68.2 Å². The molecule has 0 aliphatic carbocycles. The minimum atomic E-state index is -4.34. The lowest BCUT2D eigenvalue weighted by atomic mass is 10.4. The minimum Gasteiger partial charge on any atom is -0.388 e. The maximum Gasteiger partial charge on any atom is 0.414 e. The summed E-state index contributed by atoms with van der Waals surface area (Å²) in [6.45, 7) is 0.746. The highest BCUT2D eigenvalue weighted by atomic mass is 19.4. The van der Waals surface area contributed by atoms with Gasteiger partial charge in [-0.1, -0.05) is 0 Å². The molecule has 0 aromatic heterocycles. The molecular formula is C6H11F3N2O. The molecule has 3 N–H and O–H groups in total. The predicted molar refractivity (Wildman–Crippen MR) is 38.0 cm³/mol. The van der Waals surface area contributed by atoms with Gasteiger partial charge < -0.3 is 10.5 Å². The van der Waals surface area contributed by atoms with Crippen LogP contribution in [0.25, 0.3) is 0 Å². The number of hydrogen-bond donors (Lipinski definition) is 2. The minimum absolute atomic E-state index is 0.0282. The quantitative estimate of drug-likeness (QED) is 0.510. The van der Waals surface area contributed by atoms with Crippen LogP contribution in [-0.4, -0.2) is 24.7 Å². The molecule has 0 spiro atoms. The zero-order valence-corrected chi connectivity index (χ0v) is 6.61. The topological polar surface area (TPSA) is 59.1 Å². The van der Waals surface area contributed by atoms with E-state index in [0.29, 0.717) is 0 Å². The molecule has 0 bridgehead atoms. The van der Waals surface area contributed by atoms with Gasteiger partial charge in [0.05, 0.1) is 12.4 Å². The number of hydrogen-bond acceptors (Lipinski definition) is 2. The fourth-order valence-electron chi connectivity index (χ4n) is 0.440. The van der Waals surface area contributed by atoms with Gasteiger partial charge >= 0.3 is 6.18 Å². The van der Waals surface area contributed by atoms with Gasteiger partial charge in [0.15, 0.2) is 6.10 Å². The van der Waals surface area contributed by atoms with Crippen molar-refractivity contribution in [2.75, 3.05) is 6.61 Å². The van der Waals surface area contributed by atoms with Gasteiger partial charge in [-0.2, -0.15) is 13.2 Å². The van der Waals surface area contributed by atoms with Crippen LogP contribution >= 0.6 is 0 Å². The first-order valence-electron chi connectivity index (χ1n) is 3.35. The molecule has 0 radical (unpaired) electrons. The van der Waals surface area contributed by atoms with Gasteiger partial charge in [-0.05, 0) is 6.92 Å². The van der Waals surface area contributed by atoms with E-state index in [1.165, 1.54) is 0 Å². The summed E-state index contributed by atoms with van der Waals surface area (Å²) in [7, 11) is 0. The molecule has 0 saturated heterocycles. The highest BCUT2D eigenvalue weighted by Crippen LogP contribution is 2.22. The highest BCUT2D eigenvalue weighted by Gasteiger charge is 2.36. The van der Waals surface area contributed by atoms with Crippen molar-refractivity contribution in [3.8, 4) is 0 Å². The van der Waals surface area contributed by atoms with Crippen molar-refractivity contribution in [1.82, 2.24) is 0 Å². The number of nitrogens with one attached hydrogen (secondary N) is 1. The largest absolute Gasteiger partial charge is 0.414 e. The monoisotopic (exact) mass is 184 g/mol. The summed E-state index contributed by atoms with van der Waals surface area (Å²) in [6, 6.07) is 0. The van der Waals surface area contributed by atoms with Crippen LogP contribution in [0, 0.1) is 5.41 Å². The van der Waals surface area contributed by atoms with Crippen molar-refractivity contribution in [3.05, 3.63) is 0 Å². The molecule has 0 rings (SSSR count). The fraction of sp³-hybridized carbons (Fsp3) is 0.833. The molecule has 0 fully saturated rings. The maximum atomic E-state index is 11.8. The molecule has 0 aromatic rings. The van der Waals surface area contributed by atoms with E-state index in [4.69, 9.17) is 11.1 Å². The van der Waals surface area contributed by atoms with E-state index in [-0.39, 0.29) is 18.9 Å². The van der Waals surface area contributed by atoms with E-state index in [2.05, 4.69) is 4.74 Å². The molecule has 0 aromatic carbocycles. The predicted octanol–water partition coefficient (Wildman–Crippen LogP) is 1.28. The summed E-state index contributed by atoms with van der Waals surface area (Å²) in [6.07, 6.45) is -6.10. The van der Waals surface area contributed by atoms with Crippen LogP contribution in [0.15, 0.2) is 0 Å². The zero-order valence-electron chi connectivity index (χ0n) is 6.61. The Kier molecular flexibility index (Phi) is 4.02. The molecule has 12 heavy (non-hydrogen) atoms. The van der Waals surface area contributed by atoms with Gasteiger partial charge in [-0.3, -0.25) is 5.41 Å². The number of nitrogens with two attached hydrogens (primary N) is 1. The lowest BCUT2D eigenvalue weighted by Gasteiger charge is -2.15. The average Bonchev–Trinajstić information content (AvgIpc) is 1.84. The van der Waals surface area contributed by atoms with Gasteiger partial charge in [0.2, 0.25) is 0 Å². The molecule has 6 heteroatoms. The van der Waals surface area contributed by atoms with Crippen molar-refractivity contribution >= 4 is 5.84 Å². The van der Waals surface area contributed by atoms with Crippen LogP contribution in [0.2, 0.25) is 0 Å².